The van der Waals surface area contributed by atoms with Gasteiger partial charge in [0.1, 0.15) is 23.6 Å². The molecule has 0 amide bonds. The lowest BCUT2D eigenvalue weighted by Crippen LogP contribution is -2.04. The third kappa shape index (κ3) is 3.98. The van der Waals surface area contributed by atoms with Crippen LogP contribution < -0.4 is 9.47 Å². The van der Waals surface area contributed by atoms with E-state index in [0.717, 1.165) is 16.9 Å². The Labute approximate surface area is 178 Å². The van der Waals surface area contributed by atoms with E-state index >= 15 is 0 Å². The van der Waals surface area contributed by atoms with Crippen molar-refractivity contribution in [3.05, 3.63) is 90.4 Å². The molecule has 0 radical (unpaired) electrons. The molecule has 0 atom stereocenters. The topological polar surface area (TPSA) is 75.2 Å². The Bertz CT molecular complexity index is 1280. The van der Waals surface area contributed by atoms with Crippen LogP contribution >= 0.6 is 0 Å². The molecule has 0 N–H and O–H groups in total. The first-order valence-corrected chi connectivity index (χ1v) is 9.86. The molecule has 0 aliphatic carbocycles. The van der Waals surface area contributed by atoms with E-state index in [1.807, 2.05) is 71.3 Å². The molecular weight excluding hydrogens is 392 g/mol. The van der Waals surface area contributed by atoms with Gasteiger partial charge in [-0.25, -0.2) is 4.98 Å². The van der Waals surface area contributed by atoms with Crippen molar-refractivity contribution in [3.63, 3.8) is 0 Å². The van der Waals surface area contributed by atoms with Gasteiger partial charge in [-0.3, -0.25) is 0 Å². The van der Waals surface area contributed by atoms with Crippen molar-refractivity contribution in [3.8, 4) is 23.2 Å². The quantitative estimate of drug-likeness (QED) is 0.385. The summed E-state index contributed by atoms with van der Waals surface area (Å²) in [6.07, 6.45) is 3.37. The number of hydrogen-bond donors (Lipinski definition) is 0. The molecular formula is C24H20N4O3. The van der Waals surface area contributed by atoms with Crippen molar-refractivity contribution in [1.29, 1.82) is 0 Å². The highest BCUT2D eigenvalue weighted by atomic mass is 16.5. The van der Waals surface area contributed by atoms with Gasteiger partial charge in [0.2, 0.25) is 0 Å². The van der Waals surface area contributed by atoms with Crippen LogP contribution in [0.5, 0.6) is 11.8 Å². The maximum atomic E-state index is 5.92. The first-order chi connectivity index (χ1) is 15.3. The normalized spacial score (nSPS) is 11.0. The van der Waals surface area contributed by atoms with Crippen LogP contribution in [0.3, 0.4) is 0 Å². The maximum Gasteiger partial charge on any atom is 0.319 e. The zero-order valence-corrected chi connectivity index (χ0v) is 16.9. The van der Waals surface area contributed by atoms with Gasteiger partial charge >= 0.3 is 6.01 Å². The van der Waals surface area contributed by atoms with Gasteiger partial charge < -0.3 is 18.5 Å². The van der Waals surface area contributed by atoms with Gasteiger partial charge in [0.05, 0.1) is 26.2 Å². The average molecular weight is 412 g/mol. The molecule has 0 aliphatic rings. The SMILES string of the molecule is COc1ccc(Cn2cnc3c(-c4ccco4)nc(OCc4ccccc4)nc32)cc1. The Balaban J connectivity index is 1.52. The summed E-state index contributed by atoms with van der Waals surface area (Å²) in [6.45, 7) is 0.976. The van der Waals surface area contributed by atoms with Crippen molar-refractivity contribution < 1.29 is 13.9 Å². The summed E-state index contributed by atoms with van der Waals surface area (Å²) >= 11 is 0. The van der Waals surface area contributed by atoms with E-state index in [1.165, 1.54) is 0 Å². The molecule has 7 nitrogen and oxygen atoms in total. The Hall–Kier alpha value is -4.13. The summed E-state index contributed by atoms with van der Waals surface area (Å²) < 4.78 is 18.7. The summed E-state index contributed by atoms with van der Waals surface area (Å²) in [5.41, 5.74) is 4.09. The van der Waals surface area contributed by atoms with Gasteiger partial charge in [-0.05, 0) is 35.4 Å². The molecule has 2 aromatic carbocycles. The van der Waals surface area contributed by atoms with E-state index in [-0.39, 0.29) is 6.01 Å². The number of rotatable bonds is 7. The second-order valence-electron chi connectivity index (χ2n) is 7.00. The smallest absolute Gasteiger partial charge is 0.319 e. The second kappa shape index (κ2) is 8.31. The highest BCUT2D eigenvalue weighted by Gasteiger charge is 2.17. The first-order valence-electron chi connectivity index (χ1n) is 9.86. The zero-order chi connectivity index (χ0) is 21.0. The number of fused-ring (bicyclic) bond motifs is 1. The Morgan fingerprint density at radius 3 is 2.48 bits per heavy atom. The van der Waals surface area contributed by atoms with Crippen LogP contribution in [0.1, 0.15) is 11.1 Å². The van der Waals surface area contributed by atoms with Crippen LogP contribution in [0.2, 0.25) is 0 Å². The van der Waals surface area contributed by atoms with E-state index in [2.05, 4.69) is 15.0 Å². The molecule has 0 spiro atoms. The summed E-state index contributed by atoms with van der Waals surface area (Å²) in [5.74, 6) is 1.44. The fraction of sp³-hybridized carbons (Fsp3) is 0.125. The fourth-order valence-corrected chi connectivity index (χ4v) is 3.34. The van der Waals surface area contributed by atoms with Crippen LogP contribution in [-0.4, -0.2) is 26.6 Å². The summed E-state index contributed by atoms with van der Waals surface area (Å²) in [7, 11) is 1.66. The second-order valence-corrected chi connectivity index (χ2v) is 7.00. The molecule has 0 unspecified atom stereocenters. The Kier molecular flexibility index (Phi) is 5.06. The van der Waals surface area contributed by atoms with Crippen LogP contribution in [-0.2, 0) is 13.2 Å². The van der Waals surface area contributed by atoms with E-state index in [4.69, 9.17) is 13.9 Å². The molecule has 0 aliphatic heterocycles. The lowest BCUT2D eigenvalue weighted by atomic mass is 10.2. The molecule has 0 bridgehead atoms. The minimum atomic E-state index is 0.277. The number of imidazole rings is 1. The van der Waals surface area contributed by atoms with Gasteiger partial charge in [-0.15, -0.1) is 0 Å². The number of furan rings is 1. The monoisotopic (exact) mass is 412 g/mol. The molecule has 0 saturated carbocycles. The molecule has 154 valence electrons. The Morgan fingerprint density at radius 1 is 0.903 bits per heavy atom. The van der Waals surface area contributed by atoms with Crippen molar-refractivity contribution in [2.75, 3.05) is 7.11 Å². The highest BCUT2D eigenvalue weighted by molar-refractivity contribution is 5.86. The predicted molar refractivity (Wildman–Crippen MR) is 116 cm³/mol. The highest BCUT2D eigenvalue weighted by Crippen LogP contribution is 2.28. The van der Waals surface area contributed by atoms with E-state index < -0.39 is 0 Å². The number of ether oxygens (including phenoxy) is 2. The van der Waals surface area contributed by atoms with Gasteiger partial charge in [-0.1, -0.05) is 42.5 Å². The van der Waals surface area contributed by atoms with Crippen LogP contribution in [0.25, 0.3) is 22.6 Å². The lowest BCUT2D eigenvalue weighted by molar-refractivity contribution is 0.282. The minimum Gasteiger partial charge on any atom is -0.497 e. The molecule has 3 heterocycles. The van der Waals surface area contributed by atoms with Gasteiger partial charge in [0.15, 0.2) is 11.4 Å². The Morgan fingerprint density at radius 2 is 1.74 bits per heavy atom. The predicted octanol–water partition coefficient (Wildman–Crippen LogP) is 4.72. The summed E-state index contributed by atoms with van der Waals surface area (Å²) in [4.78, 5) is 13.8. The molecule has 0 saturated heterocycles. The van der Waals surface area contributed by atoms with E-state index in [1.54, 1.807) is 19.7 Å². The lowest BCUT2D eigenvalue weighted by Gasteiger charge is -2.09. The fourth-order valence-electron chi connectivity index (χ4n) is 3.34. The molecule has 7 heteroatoms. The number of nitrogens with zero attached hydrogens (tertiary/aromatic N) is 4. The largest absolute Gasteiger partial charge is 0.497 e. The van der Waals surface area contributed by atoms with E-state index in [9.17, 15) is 0 Å². The van der Waals surface area contributed by atoms with Crippen LogP contribution in [0, 0.1) is 0 Å². The zero-order valence-electron chi connectivity index (χ0n) is 16.9. The number of hydrogen-bond acceptors (Lipinski definition) is 6. The summed E-state index contributed by atoms with van der Waals surface area (Å²) in [6, 6.07) is 21.8. The third-order valence-electron chi connectivity index (χ3n) is 4.92. The molecule has 5 aromatic rings. The standard InChI is InChI=1S/C24H20N4O3/c1-29-19-11-9-17(10-12-19)14-28-16-25-22-21(20-8-5-13-30-20)26-24(27-23(22)28)31-15-18-6-3-2-4-7-18/h2-13,16H,14-15H2,1H3. The van der Waals surface area contributed by atoms with Crippen LogP contribution in [0.15, 0.2) is 83.7 Å². The van der Waals surface area contributed by atoms with Crippen molar-refractivity contribution in [2.45, 2.75) is 13.2 Å². The number of methoxy groups -OCH3 is 1. The van der Waals surface area contributed by atoms with Crippen LogP contribution in [0.4, 0.5) is 0 Å². The van der Waals surface area contributed by atoms with E-state index in [0.29, 0.717) is 35.8 Å². The number of aromatic nitrogens is 4. The van der Waals surface area contributed by atoms with Crippen molar-refractivity contribution >= 4 is 11.2 Å². The summed E-state index contributed by atoms with van der Waals surface area (Å²) in [5, 5.41) is 0. The average Bonchev–Trinajstić information content (AvgIpc) is 3.49. The number of benzene rings is 2. The van der Waals surface area contributed by atoms with Crippen molar-refractivity contribution in [1.82, 2.24) is 19.5 Å². The molecule has 0 fully saturated rings. The van der Waals surface area contributed by atoms with Crippen molar-refractivity contribution in [2.24, 2.45) is 0 Å². The molecule has 31 heavy (non-hydrogen) atoms. The maximum absolute atomic E-state index is 5.92. The van der Waals surface area contributed by atoms with Gasteiger partial charge in [-0.2, -0.15) is 9.97 Å². The third-order valence-corrected chi connectivity index (χ3v) is 4.92. The molecule has 3 aromatic heterocycles. The van der Waals surface area contributed by atoms with Gasteiger partial charge in [0.25, 0.3) is 0 Å². The first kappa shape index (κ1) is 18.9. The molecule has 5 rings (SSSR count). The minimum absolute atomic E-state index is 0.277. The van der Waals surface area contributed by atoms with Gasteiger partial charge in [0, 0.05) is 0 Å².